The molecule has 3 rings (SSSR count). The van der Waals surface area contributed by atoms with Gasteiger partial charge < -0.3 is 4.74 Å². The molecule has 140 valence electrons. The fourth-order valence-corrected chi connectivity index (χ4v) is 3.31. The zero-order valence-corrected chi connectivity index (χ0v) is 14.9. The summed E-state index contributed by atoms with van der Waals surface area (Å²) in [4.78, 5) is 12.4. The number of amides is 1. The highest BCUT2D eigenvalue weighted by Crippen LogP contribution is 2.43. The summed E-state index contributed by atoms with van der Waals surface area (Å²) in [6.45, 7) is 0.788. The van der Waals surface area contributed by atoms with E-state index in [2.05, 4.69) is 14.0 Å². The summed E-state index contributed by atoms with van der Waals surface area (Å²) in [6.07, 6.45) is 0.883. The molecule has 0 fully saturated rings. The minimum Gasteiger partial charge on any atom is -0.423 e. The Bertz CT molecular complexity index is 1020. The predicted molar refractivity (Wildman–Crippen MR) is 92.6 cm³/mol. The van der Waals surface area contributed by atoms with Gasteiger partial charge in [-0.15, -0.1) is 15.7 Å². The third-order valence-corrected chi connectivity index (χ3v) is 4.46. The number of alkyl halides is 2. The van der Waals surface area contributed by atoms with E-state index in [4.69, 9.17) is 6.42 Å². The maximum absolute atomic E-state index is 14.6. The van der Waals surface area contributed by atoms with Crippen molar-refractivity contribution in [1.29, 1.82) is 0 Å². The van der Waals surface area contributed by atoms with Crippen LogP contribution in [-0.4, -0.2) is 18.6 Å². The Morgan fingerprint density at radius 2 is 1.89 bits per heavy atom. The highest BCUT2D eigenvalue weighted by Gasteiger charge is 2.50. The van der Waals surface area contributed by atoms with E-state index in [1.54, 1.807) is 0 Å². The molecule has 9 heteroatoms. The van der Waals surface area contributed by atoms with Gasteiger partial charge in [-0.2, -0.15) is 8.78 Å². The van der Waals surface area contributed by atoms with Gasteiger partial charge in [-0.3, -0.25) is 9.69 Å². The summed E-state index contributed by atoms with van der Waals surface area (Å²) in [7, 11) is 2.15. The summed E-state index contributed by atoms with van der Waals surface area (Å²) in [5.41, 5.74) is -1.12. The highest BCUT2D eigenvalue weighted by molar-refractivity contribution is 7.28. The van der Waals surface area contributed by atoms with Crippen LogP contribution >= 0.6 is 9.24 Å². The molecule has 1 amide bonds. The number of anilines is 1. The van der Waals surface area contributed by atoms with Crippen molar-refractivity contribution in [3.8, 4) is 29.2 Å². The second-order valence-corrected chi connectivity index (χ2v) is 6.42. The van der Waals surface area contributed by atoms with Crippen LogP contribution in [0.1, 0.15) is 5.56 Å². The molecule has 3 nitrogen and oxygen atoms in total. The summed E-state index contributed by atoms with van der Waals surface area (Å²) >= 11 is 0. The quantitative estimate of drug-likeness (QED) is 0.439. The van der Waals surface area contributed by atoms with Crippen molar-refractivity contribution in [3.05, 3.63) is 41.2 Å². The lowest BCUT2D eigenvalue weighted by Crippen LogP contribution is -2.51. The van der Waals surface area contributed by atoms with Crippen molar-refractivity contribution in [1.82, 2.24) is 0 Å². The molecular formula is C18H11F5NO2P. The molecule has 1 heterocycles. The fourth-order valence-electron chi connectivity index (χ4n) is 2.78. The van der Waals surface area contributed by atoms with E-state index < -0.39 is 52.9 Å². The maximum atomic E-state index is 14.6. The molecule has 0 saturated heterocycles. The van der Waals surface area contributed by atoms with Crippen molar-refractivity contribution in [2.24, 2.45) is 0 Å². The number of carbonyl (C=O) groups is 1. The molecule has 1 aliphatic rings. The number of nitrogens with zero attached hydrogens (tertiary/aromatic N) is 1. The SMILES string of the molecule is C#CCN1C(=O)C(F)(F)Oc2cc(F)c(-c3c(P)cc(C)c(F)c3F)cc21. The number of halogens is 5. The Morgan fingerprint density at radius 1 is 1.22 bits per heavy atom. The minimum atomic E-state index is -4.23. The molecule has 2 aromatic carbocycles. The summed E-state index contributed by atoms with van der Waals surface area (Å²) in [5.74, 6) is -3.96. The molecule has 1 aliphatic heterocycles. The molecular weight excluding hydrogens is 388 g/mol. The molecule has 0 aromatic heterocycles. The number of fused-ring (bicyclic) bond motifs is 1. The third kappa shape index (κ3) is 3.02. The van der Waals surface area contributed by atoms with E-state index >= 15 is 0 Å². The molecule has 0 aliphatic carbocycles. The first-order valence-corrected chi connectivity index (χ1v) is 8.06. The second-order valence-electron chi connectivity index (χ2n) is 5.80. The Kier molecular flexibility index (Phi) is 4.61. The van der Waals surface area contributed by atoms with E-state index in [1.807, 2.05) is 5.92 Å². The van der Waals surface area contributed by atoms with Crippen molar-refractivity contribution >= 4 is 26.1 Å². The van der Waals surface area contributed by atoms with Gasteiger partial charge >= 0.3 is 12.0 Å². The number of benzene rings is 2. The number of terminal acetylenes is 1. The number of rotatable bonds is 2. The Balaban J connectivity index is 2.28. The van der Waals surface area contributed by atoms with Gasteiger partial charge in [0.05, 0.1) is 12.2 Å². The van der Waals surface area contributed by atoms with E-state index in [0.29, 0.717) is 11.0 Å². The molecule has 0 saturated carbocycles. The first-order chi connectivity index (χ1) is 12.6. The number of aryl methyl sites for hydroxylation is 1. The van der Waals surface area contributed by atoms with Crippen LogP contribution < -0.4 is 14.9 Å². The van der Waals surface area contributed by atoms with Gasteiger partial charge in [-0.1, -0.05) is 5.92 Å². The standard InChI is InChI=1S/C18H11F5NO2P/c1-3-4-24-11-6-9(14-13(27)5-8(2)15(20)16(14)21)10(19)7-12(11)26-18(22,23)17(24)25/h1,5-7H,4,27H2,2H3. The monoisotopic (exact) mass is 399 g/mol. The van der Waals surface area contributed by atoms with Crippen molar-refractivity contribution in [3.63, 3.8) is 0 Å². The topological polar surface area (TPSA) is 29.5 Å². The number of carbonyl (C=O) groups excluding carboxylic acids is 1. The molecule has 27 heavy (non-hydrogen) atoms. The zero-order chi connectivity index (χ0) is 20.1. The van der Waals surface area contributed by atoms with Crippen LogP contribution in [0.2, 0.25) is 0 Å². The van der Waals surface area contributed by atoms with Crippen LogP contribution in [0.5, 0.6) is 5.75 Å². The molecule has 0 bridgehead atoms. The second kappa shape index (κ2) is 6.50. The lowest BCUT2D eigenvalue weighted by molar-refractivity contribution is -0.192. The third-order valence-electron chi connectivity index (χ3n) is 4.01. The van der Waals surface area contributed by atoms with Crippen molar-refractivity contribution in [2.45, 2.75) is 13.0 Å². The first-order valence-electron chi connectivity index (χ1n) is 7.48. The Morgan fingerprint density at radius 3 is 2.52 bits per heavy atom. The summed E-state index contributed by atoms with van der Waals surface area (Å²) in [6, 6.07) is 2.79. The van der Waals surface area contributed by atoms with Crippen molar-refractivity contribution < 1.29 is 31.5 Å². The lowest BCUT2D eigenvalue weighted by atomic mass is 10.00. The first kappa shape index (κ1) is 19.1. The zero-order valence-electron chi connectivity index (χ0n) is 13.7. The van der Waals surface area contributed by atoms with Gasteiger partial charge in [0.15, 0.2) is 17.4 Å². The van der Waals surface area contributed by atoms with E-state index in [1.165, 1.54) is 13.0 Å². The van der Waals surface area contributed by atoms with Crippen molar-refractivity contribution in [2.75, 3.05) is 11.4 Å². The van der Waals surface area contributed by atoms with E-state index in [9.17, 15) is 26.7 Å². The largest absolute Gasteiger partial charge is 0.483 e. The van der Waals surface area contributed by atoms with Crippen LogP contribution in [0.3, 0.4) is 0 Å². The number of hydrogen-bond donors (Lipinski definition) is 0. The number of ether oxygens (including phenoxy) is 1. The van der Waals surface area contributed by atoms with Gasteiger partial charge in [-0.25, -0.2) is 13.2 Å². The number of hydrogen-bond acceptors (Lipinski definition) is 2. The van der Waals surface area contributed by atoms with E-state index in [-0.39, 0.29) is 16.6 Å². The molecule has 1 unspecified atom stereocenters. The average molecular weight is 399 g/mol. The summed E-state index contributed by atoms with van der Waals surface area (Å²) in [5, 5.41) is 0.141. The average Bonchev–Trinajstić information content (AvgIpc) is 2.58. The predicted octanol–water partition coefficient (Wildman–Crippen LogP) is 3.53. The van der Waals surface area contributed by atoms with Crippen LogP contribution in [0, 0.1) is 36.7 Å². The molecule has 0 N–H and O–H groups in total. The van der Waals surface area contributed by atoms with Gasteiger partial charge in [0.2, 0.25) is 0 Å². The minimum absolute atomic E-state index is 0.00623. The van der Waals surface area contributed by atoms with Crippen LogP contribution in [0.15, 0.2) is 18.2 Å². The van der Waals surface area contributed by atoms with E-state index in [0.717, 1.165) is 6.07 Å². The van der Waals surface area contributed by atoms with Crippen LogP contribution in [-0.2, 0) is 4.79 Å². The fraction of sp³-hybridized carbons (Fsp3) is 0.167. The normalized spacial score (nSPS) is 15.2. The Labute approximate surface area is 153 Å². The maximum Gasteiger partial charge on any atom is 0.483 e. The van der Waals surface area contributed by atoms with Crippen LogP contribution in [0.25, 0.3) is 11.1 Å². The highest BCUT2D eigenvalue weighted by atomic mass is 31.0. The van der Waals surface area contributed by atoms with Gasteiger partial charge in [0.25, 0.3) is 0 Å². The molecule has 0 radical (unpaired) electrons. The molecule has 2 aromatic rings. The lowest BCUT2D eigenvalue weighted by Gasteiger charge is -2.32. The molecule has 0 spiro atoms. The van der Waals surface area contributed by atoms with Gasteiger partial charge in [-0.05, 0) is 29.9 Å². The van der Waals surface area contributed by atoms with Gasteiger partial charge in [0, 0.05) is 17.2 Å². The molecule has 1 atom stereocenters. The Hall–Kier alpha value is -2.65. The smallest absolute Gasteiger partial charge is 0.423 e. The van der Waals surface area contributed by atoms with Gasteiger partial charge in [0.1, 0.15) is 5.82 Å². The summed E-state index contributed by atoms with van der Waals surface area (Å²) < 4.78 is 74.7. The van der Waals surface area contributed by atoms with Crippen LogP contribution in [0.4, 0.5) is 27.6 Å².